The van der Waals surface area contributed by atoms with Gasteiger partial charge in [0, 0.05) is 12.0 Å². The summed E-state index contributed by atoms with van der Waals surface area (Å²) in [4.78, 5) is 1.69. The molecular formula is C11H20Cl3N3. The Hall–Kier alpha value is 0.140. The third kappa shape index (κ3) is 3.80. The number of hydrogen-bond donors (Lipinski definition) is 0. The molecule has 17 heavy (non-hydrogen) atoms. The van der Waals surface area contributed by atoms with Gasteiger partial charge in [-0.3, -0.25) is 9.91 Å². The van der Waals surface area contributed by atoms with Gasteiger partial charge in [0.15, 0.2) is 0 Å². The molecule has 0 fully saturated rings. The molecule has 3 nitrogen and oxygen atoms in total. The molecule has 0 spiro atoms. The molecule has 0 bridgehead atoms. The molecular weight excluding hydrogens is 281 g/mol. The molecule has 1 rings (SSSR count). The van der Waals surface area contributed by atoms with Gasteiger partial charge in [-0.15, -0.1) is 0 Å². The predicted octanol–water partition coefficient (Wildman–Crippen LogP) is 4.05. The lowest BCUT2D eigenvalue weighted by atomic mass is 9.91. The van der Waals surface area contributed by atoms with E-state index < -0.39 is 3.92 Å². The second-order valence-electron chi connectivity index (χ2n) is 5.36. The van der Waals surface area contributed by atoms with E-state index in [9.17, 15) is 0 Å². The zero-order valence-corrected chi connectivity index (χ0v) is 13.0. The van der Waals surface area contributed by atoms with Gasteiger partial charge in [0.25, 0.3) is 3.92 Å². The molecule has 1 aliphatic heterocycles. The SMILES string of the molecule is CCCCN1N=CN(C(Cl)(Cl)Cl)C1C(C)(C)C. The standard InChI is InChI=1S/C11H20Cl3N3/c1-5-6-7-17-9(10(2,3)4)16(8-15-17)11(12,13)14/h8-9H,5-7H2,1-4H3. The number of halogens is 3. The van der Waals surface area contributed by atoms with Crippen molar-refractivity contribution in [3.05, 3.63) is 0 Å². The first-order chi connectivity index (χ1) is 7.68. The molecule has 0 aromatic carbocycles. The first kappa shape index (κ1) is 15.2. The molecule has 1 unspecified atom stereocenters. The Labute approximate surface area is 119 Å². The summed E-state index contributed by atoms with van der Waals surface area (Å²) in [7, 11) is 0. The average molecular weight is 301 g/mol. The van der Waals surface area contributed by atoms with Gasteiger partial charge in [-0.1, -0.05) is 68.9 Å². The van der Waals surface area contributed by atoms with Crippen LogP contribution in [0.2, 0.25) is 0 Å². The van der Waals surface area contributed by atoms with Crippen LogP contribution in [0.3, 0.4) is 0 Å². The van der Waals surface area contributed by atoms with Crippen LogP contribution >= 0.6 is 34.8 Å². The Balaban J connectivity index is 2.86. The number of hydrogen-bond acceptors (Lipinski definition) is 3. The zero-order valence-electron chi connectivity index (χ0n) is 10.8. The van der Waals surface area contributed by atoms with E-state index in [-0.39, 0.29) is 11.6 Å². The van der Waals surface area contributed by atoms with Gasteiger partial charge in [-0.2, -0.15) is 5.10 Å². The third-order valence-corrected chi connectivity index (χ3v) is 3.26. The van der Waals surface area contributed by atoms with E-state index in [0.717, 1.165) is 19.4 Å². The molecule has 0 N–H and O–H groups in total. The summed E-state index contributed by atoms with van der Waals surface area (Å²) in [5.74, 6) is 0. The molecule has 100 valence electrons. The minimum atomic E-state index is -1.46. The highest BCUT2D eigenvalue weighted by molar-refractivity contribution is 6.67. The van der Waals surface area contributed by atoms with Gasteiger partial charge in [0.1, 0.15) is 12.5 Å². The van der Waals surface area contributed by atoms with Crippen molar-refractivity contribution in [1.82, 2.24) is 9.91 Å². The molecule has 1 heterocycles. The van der Waals surface area contributed by atoms with Crippen LogP contribution in [0.25, 0.3) is 0 Å². The summed E-state index contributed by atoms with van der Waals surface area (Å²) < 4.78 is -1.46. The first-order valence-corrected chi connectivity index (χ1v) is 6.97. The molecule has 1 aliphatic rings. The highest BCUT2D eigenvalue weighted by Gasteiger charge is 2.45. The summed E-state index contributed by atoms with van der Waals surface area (Å²) in [5.41, 5.74) is -0.0475. The topological polar surface area (TPSA) is 18.8 Å². The second kappa shape index (κ2) is 5.41. The monoisotopic (exact) mass is 299 g/mol. The summed E-state index contributed by atoms with van der Waals surface area (Å²) in [6.45, 7) is 9.39. The minimum Gasteiger partial charge on any atom is -0.294 e. The van der Waals surface area contributed by atoms with Crippen LogP contribution in [0, 0.1) is 5.41 Å². The van der Waals surface area contributed by atoms with Crippen molar-refractivity contribution >= 4 is 41.1 Å². The van der Waals surface area contributed by atoms with Crippen molar-refractivity contribution in [3.8, 4) is 0 Å². The highest BCUT2D eigenvalue weighted by atomic mass is 35.6. The largest absolute Gasteiger partial charge is 0.294 e. The molecule has 0 saturated carbocycles. The van der Waals surface area contributed by atoms with Crippen molar-refractivity contribution in [1.29, 1.82) is 0 Å². The molecule has 0 amide bonds. The Morgan fingerprint density at radius 3 is 2.24 bits per heavy atom. The molecule has 0 saturated heterocycles. The van der Waals surface area contributed by atoms with Crippen molar-refractivity contribution in [2.24, 2.45) is 10.5 Å². The van der Waals surface area contributed by atoms with E-state index in [1.807, 2.05) is 5.01 Å². The molecule has 0 aromatic rings. The summed E-state index contributed by atoms with van der Waals surface area (Å²) in [6.07, 6.45) is 3.80. The molecule has 0 radical (unpaired) electrons. The Kier molecular flexibility index (Phi) is 4.84. The van der Waals surface area contributed by atoms with Crippen LogP contribution < -0.4 is 0 Å². The van der Waals surface area contributed by atoms with Gasteiger partial charge in [-0.05, 0) is 6.42 Å². The van der Waals surface area contributed by atoms with E-state index in [4.69, 9.17) is 34.8 Å². The number of alkyl halides is 3. The van der Waals surface area contributed by atoms with Crippen LogP contribution in [0.1, 0.15) is 40.5 Å². The number of rotatable bonds is 3. The van der Waals surface area contributed by atoms with Crippen LogP contribution in [0.4, 0.5) is 0 Å². The number of nitrogens with zero attached hydrogens (tertiary/aromatic N) is 3. The summed E-state index contributed by atoms with van der Waals surface area (Å²) in [5, 5.41) is 6.36. The lowest BCUT2D eigenvalue weighted by Gasteiger charge is -2.42. The van der Waals surface area contributed by atoms with Crippen molar-refractivity contribution < 1.29 is 0 Å². The maximum absolute atomic E-state index is 5.98. The fourth-order valence-electron chi connectivity index (χ4n) is 1.96. The van der Waals surface area contributed by atoms with Gasteiger partial charge < -0.3 is 0 Å². The quantitative estimate of drug-likeness (QED) is 0.578. The van der Waals surface area contributed by atoms with Crippen LogP contribution in [0.15, 0.2) is 5.10 Å². The maximum atomic E-state index is 5.98. The highest BCUT2D eigenvalue weighted by Crippen LogP contribution is 2.40. The van der Waals surface area contributed by atoms with E-state index in [1.54, 1.807) is 11.2 Å². The van der Waals surface area contributed by atoms with Crippen LogP contribution in [0.5, 0.6) is 0 Å². The smallest absolute Gasteiger partial charge is 0.270 e. The van der Waals surface area contributed by atoms with Gasteiger partial charge in [-0.25, -0.2) is 0 Å². The fourth-order valence-corrected chi connectivity index (χ4v) is 2.37. The molecule has 1 atom stereocenters. The fraction of sp³-hybridized carbons (Fsp3) is 0.909. The van der Waals surface area contributed by atoms with Crippen molar-refractivity contribution in [3.63, 3.8) is 0 Å². The Morgan fingerprint density at radius 2 is 1.82 bits per heavy atom. The van der Waals surface area contributed by atoms with E-state index in [1.165, 1.54) is 0 Å². The summed E-state index contributed by atoms with van der Waals surface area (Å²) >= 11 is 17.9. The lowest BCUT2D eigenvalue weighted by Crippen LogP contribution is -2.52. The Bertz CT molecular complexity index is 281. The lowest BCUT2D eigenvalue weighted by molar-refractivity contribution is 0.0341. The van der Waals surface area contributed by atoms with Gasteiger partial charge in [0.05, 0.1) is 0 Å². The van der Waals surface area contributed by atoms with E-state index >= 15 is 0 Å². The van der Waals surface area contributed by atoms with Gasteiger partial charge in [0.2, 0.25) is 0 Å². The summed E-state index contributed by atoms with van der Waals surface area (Å²) in [6, 6.07) is 0. The van der Waals surface area contributed by atoms with Crippen molar-refractivity contribution in [2.75, 3.05) is 6.54 Å². The van der Waals surface area contributed by atoms with Gasteiger partial charge >= 0.3 is 0 Å². The maximum Gasteiger partial charge on any atom is 0.270 e. The first-order valence-electron chi connectivity index (χ1n) is 5.84. The average Bonchev–Trinajstić information content (AvgIpc) is 2.56. The molecule has 0 aromatic heterocycles. The van der Waals surface area contributed by atoms with Crippen LogP contribution in [-0.4, -0.2) is 32.9 Å². The molecule has 0 aliphatic carbocycles. The third-order valence-electron chi connectivity index (χ3n) is 2.68. The minimum absolute atomic E-state index is 0.0263. The van der Waals surface area contributed by atoms with Crippen LogP contribution in [-0.2, 0) is 0 Å². The number of unbranched alkanes of at least 4 members (excludes halogenated alkanes) is 1. The molecule has 6 heteroatoms. The van der Waals surface area contributed by atoms with E-state index in [2.05, 4.69) is 32.8 Å². The van der Waals surface area contributed by atoms with Crippen molar-refractivity contribution in [2.45, 2.75) is 50.6 Å². The zero-order chi connectivity index (χ0) is 13.3. The normalized spacial score (nSPS) is 21.5. The Morgan fingerprint density at radius 1 is 1.24 bits per heavy atom. The van der Waals surface area contributed by atoms with E-state index in [0.29, 0.717) is 0 Å². The number of hydrazone groups is 1. The second-order valence-corrected chi connectivity index (χ2v) is 7.58. The predicted molar refractivity (Wildman–Crippen MR) is 75.5 cm³/mol.